The smallest absolute Gasteiger partial charge is 0.328 e. The van der Waals surface area contributed by atoms with Crippen LogP contribution in [-0.4, -0.2) is 114 Å². The Morgan fingerprint density at radius 1 is 0.875 bits per heavy atom. The normalized spacial score (nSPS) is 16.6. The van der Waals surface area contributed by atoms with Crippen LogP contribution in [0.15, 0.2) is 54.7 Å². The summed E-state index contributed by atoms with van der Waals surface area (Å²) in [5.41, 5.74) is 3.28. The first-order valence-corrected chi connectivity index (χ1v) is 20.2. The number of nitrogens with one attached hydrogen (secondary N) is 3. The number of carbonyl (C=O) groups excluding carboxylic acids is 4. The third-order valence-electron chi connectivity index (χ3n) is 10.3. The third-order valence-corrected chi connectivity index (χ3v) is 11.5. The van der Waals surface area contributed by atoms with Crippen molar-refractivity contribution >= 4 is 80.5 Å². The Hall–Kier alpha value is -5.32. The summed E-state index contributed by atoms with van der Waals surface area (Å²) in [5, 5.41) is 9.53. The van der Waals surface area contributed by atoms with Gasteiger partial charge >= 0.3 is 6.03 Å². The van der Waals surface area contributed by atoms with E-state index in [2.05, 4.69) is 40.6 Å². The van der Waals surface area contributed by atoms with Gasteiger partial charge in [-0.3, -0.25) is 29.5 Å². The average Bonchev–Trinajstić information content (AvgIpc) is 3.66. The number of nitrogens with zero attached hydrogens (tertiary/aromatic N) is 8. The monoisotopic (exact) mass is 799 g/mol. The summed E-state index contributed by atoms with van der Waals surface area (Å²) >= 11 is 7.53. The van der Waals surface area contributed by atoms with E-state index in [1.54, 1.807) is 11.0 Å². The Morgan fingerprint density at radius 3 is 2.34 bits per heavy atom. The van der Waals surface area contributed by atoms with E-state index in [-0.39, 0.29) is 23.8 Å². The lowest BCUT2D eigenvalue weighted by Gasteiger charge is -2.36. The van der Waals surface area contributed by atoms with Gasteiger partial charge in [-0.2, -0.15) is 0 Å². The zero-order valence-corrected chi connectivity index (χ0v) is 33.2. The number of aromatic nitrogens is 3. The molecule has 3 fully saturated rings. The predicted octanol–water partition coefficient (Wildman–Crippen LogP) is 5.29. The Labute approximate surface area is 335 Å². The molecule has 2 aromatic heterocycles. The third kappa shape index (κ3) is 9.54. The highest BCUT2D eigenvalue weighted by atomic mass is 35.5. The summed E-state index contributed by atoms with van der Waals surface area (Å²) in [5.74, 6) is 1.79. The molecule has 17 heteroatoms. The minimum Gasteiger partial charge on any atom is -0.368 e. The predicted molar refractivity (Wildman–Crippen MR) is 220 cm³/mol. The molecule has 7 rings (SSSR count). The molecule has 0 radical (unpaired) electrons. The summed E-state index contributed by atoms with van der Waals surface area (Å²) in [4.78, 5) is 74.2. The number of para-hydroxylation sites is 1. The summed E-state index contributed by atoms with van der Waals surface area (Å²) < 4.78 is 0. The fraction of sp³-hybridized carbons (Fsp3) is 0.410. The Kier molecular flexibility index (Phi) is 12.3. The number of anilines is 6. The van der Waals surface area contributed by atoms with Crippen LogP contribution in [0.5, 0.6) is 0 Å². The summed E-state index contributed by atoms with van der Waals surface area (Å²) in [6.45, 7) is 11.4. The van der Waals surface area contributed by atoms with Crippen molar-refractivity contribution in [3.63, 3.8) is 0 Å². The van der Waals surface area contributed by atoms with Crippen molar-refractivity contribution in [2.45, 2.75) is 39.5 Å². The van der Waals surface area contributed by atoms with E-state index in [4.69, 9.17) is 16.6 Å². The van der Waals surface area contributed by atoms with Crippen molar-refractivity contribution in [1.82, 2.24) is 30.1 Å². The first kappa shape index (κ1) is 38.9. The lowest BCUT2D eigenvalue weighted by molar-refractivity contribution is -0.131. The van der Waals surface area contributed by atoms with E-state index in [1.165, 1.54) is 17.5 Å². The van der Waals surface area contributed by atoms with Crippen LogP contribution >= 0.6 is 22.9 Å². The van der Waals surface area contributed by atoms with Gasteiger partial charge in [0.1, 0.15) is 22.3 Å². The molecule has 3 saturated heterocycles. The van der Waals surface area contributed by atoms with Gasteiger partial charge in [0.2, 0.25) is 11.8 Å². The van der Waals surface area contributed by atoms with Crippen LogP contribution in [0.2, 0.25) is 5.02 Å². The summed E-state index contributed by atoms with van der Waals surface area (Å²) in [6.07, 6.45) is 4.21. The summed E-state index contributed by atoms with van der Waals surface area (Å²) in [7, 11) is 0. The van der Waals surface area contributed by atoms with Gasteiger partial charge in [0.25, 0.3) is 5.91 Å². The zero-order valence-electron chi connectivity index (χ0n) is 31.6. The number of unbranched alkanes of at least 4 members (excludes halogenated alkanes) is 1. The molecule has 0 unspecified atom stereocenters. The Morgan fingerprint density at radius 2 is 1.61 bits per heavy atom. The second-order valence-corrected chi connectivity index (χ2v) is 15.6. The number of hydrogen-bond donors (Lipinski definition) is 3. The standard InChI is InChI=1S/C39H46ClN11O4S/c1-26-6-5-7-30(40)36(26)46-37(54)31-25-41-38(56-31)44-32-24-33(43-27(2)42-32)49-18-16-47(17-19-49)14-4-3-8-35(53)50-22-20-48(21-23-50)28-9-11-29(12-10-28)51-15-13-34(52)45-39(51)55/h5-7,9-12,24-25H,3-4,8,13-23H2,1-2H3,(H,46,54)(H,45,52,55)(H,41,42,43,44). The second-order valence-electron chi connectivity index (χ2n) is 14.1. The molecule has 3 N–H and O–H groups in total. The van der Waals surface area contributed by atoms with Crippen molar-refractivity contribution in [2.75, 3.05) is 90.8 Å². The molecule has 2 aromatic carbocycles. The number of benzene rings is 2. The molecular weight excluding hydrogens is 754 g/mol. The molecule has 0 atom stereocenters. The number of imide groups is 1. The van der Waals surface area contributed by atoms with Crippen LogP contribution in [-0.2, 0) is 9.59 Å². The summed E-state index contributed by atoms with van der Waals surface area (Å²) in [6, 6.07) is 14.8. The average molecular weight is 800 g/mol. The van der Waals surface area contributed by atoms with Crippen LogP contribution < -0.4 is 30.7 Å². The van der Waals surface area contributed by atoms with Crippen LogP contribution in [0, 0.1) is 13.8 Å². The Balaban J connectivity index is 0.805. The SMILES string of the molecule is Cc1nc(Nc2ncc(C(=O)Nc3c(C)cccc3Cl)s2)cc(N2CCN(CCCCC(=O)N3CCN(c4ccc(N5CCC(=O)NC5=O)cc4)CC3)CC2)n1. The maximum absolute atomic E-state index is 13.0. The molecular formula is C39H46ClN11O4S. The molecule has 0 aliphatic carbocycles. The molecule has 3 aliphatic heterocycles. The first-order valence-electron chi connectivity index (χ1n) is 19.0. The Bertz CT molecular complexity index is 2040. The number of piperazine rings is 2. The van der Waals surface area contributed by atoms with Gasteiger partial charge in [-0.05, 0) is 69.1 Å². The van der Waals surface area contributed by atoms with Gasteiger partial charge in [0.15, 0.2) is 5.13 Å². The maximum Gasteiger partial charge on any atom is 0.328 e. The first-order chi connectivity index (χ1) is 27.1. The highest BCUT2D eigenvalue weighted by Gasteiger charge is 2.26. The van der Waals surface area contributed by atoms with E-state index < -0.39 is 0 Å². The molecule has 56 heavy (non-hydrogen) atoms. The number of rotatable bonds is 12. The minimum atomic E-state index is -0.388. The topological polar surface area (TPSA) is 159 Å². The molecule has 0 saturated carbocycles. The van der Waals surface area contributed by atoms with Gasteiger partial charge in [-0.15, -0.1) is 0 Å². The number of amides is 5. The second kappa shape index (κ2) is 17.6. The van der Waals surface area contributed by atoms with Gasteiger partial charge in [-0.25, -0.2) is 19.7 Å². The van der Waals surface area contributed by atoms with Crippen LogP contribution in [0.4, 0.5) is 38.6 Å². The van der Waals surface area contributed by atoms with E-state index in [1.807, 2.05) is 61.2 Å². The van der Waals surface area contributed by atoms with Crippen LogP contribution in [0.25, 0.3) is 0 Å². The molecule has 3 aliphatic rings. The van der Waals surface area contributed by atoms with Crippen molar-refractivity contribution in [1.29, 1.82) is 0 Å². The van der Waals surface area contributed by atoms with Gasteiger partial charge in [-0.1, -0.05) is 35.1 Å². The number of aryl methyl sites for hydroxylation is 2. The number of urea groups is 1. The van der Waals surface area contributed by atoms with Crippen molar-refractivity contribution < 1.29 is 19.2 Å². The zero-order chi connectivity index (χ0) is 39.2. The molecule has 5 heterocycles. The van der Waals surface area contributed by atoms with Crippen LogP contribution in [0.3, 0.4) is 0 Å². The van der Waals surface area contributed by atoms with Gasteiger partial charge in [0.05, 0.1) is 16.9 Å². The fourth-order valence-corrected chi connectivity index (χ4v) is 8.12. The van der Waals surface area contributed by atoms with Crippen molar-refractivity contribution in [2.24, 2.45) is 0 Å². The van der Waals surface area contributed by atoms with Gasteiger partial charge in [0, 0.05) is 89.2 Å². The minimum absolute atomic E-state index is 0.212. The molecule has 4 aromatic rings. The molecule has 0 spiro atoms. The number of halogens is 1. The molecule has 15 nitrogen and oxygen atoms in total. The molecule has 294 valence electrons. The van der Waals surface area contributed by atoms with Crippen molar-refractivity contribution in [3.05, 3.63) is 76.0 Å². The molecule has 5 amide bonds. The van der Waals surface area contributed by atoms with E-state index >= 15 is 0 Å². The highest BCUT2D eigenvalue weighted by molar-refractivity contribution is 7.17. The lowest BCUT2D eigenvalue weighted by atomic mass is 10.1. The molecule has 0 bridgehead atoms. The lowest BCUT2D eigenvalue weighted by Crippen LogP contribution is -2.49. The number of thiazole rings is 1. The van der Waals surface area contributed by atoms with Crippen molar-refractivity contribution in [3.8, 4) is 0 Å². The number of carbonyl (C=O) groups is 4. The quantitative estimate of drug-likeness (QED) is 0.160. The van der Waals surface area contributed by atoms with Crippen LogP contribution in [0.1, 0.15) is 46.7 Å². The maximum atomic E-state index is 13.0. The fourth-order valence-electron chi connectivity index (χ4n) is 7.13. The highest BCUT2D eigenvalue weighted by Crippen LogP contribution is 2.29. The largest absolute Gasteiger partial charge is 0.368 e. The van der Waals surface area contributed by atoms with Gasteiger partial charge < -0.3 is 25.3 Å². The van der Waals surface area contributed by atoms with E-state index in [0.29, 0.717) is 64.8 Å². The van der Waals surface area contributed by atoms with E-state index in [0.717, 1.165) is 81.4 Å². The van der Waals surface area contributed by atoms with E-state index in [9.17, 15) is 19.2 Å². The number of hydrogen-bond acceptors (Lipinski definition) is 12.